The third-order valence-electron chi connectivity index (χ3n) is 10.3. The van der Waals surface area contributed by atoms with Crippen molar-refractivity contribution in [2.45, 2.75) is 76.3 Å². The molecule has 4 atom stereocenters. The van der Waals surface area contributed by atoms with Crippen molar-refractivity contribution >= 4 is 31.1 Å². The number of carbonyl (C=O) groups is 1. The Morgan fingerprint density at radius 2 is 1.22 bits per heavy atom. The topological polar surface area (TPSA) is 276 Å². The molecule has 2 aromatic heterocycles. The van der Waals surface area contributed by atoms with Crippen LogP contribution in [0.25, 0.3) is 21.6 Å². The molecule has 0 spiro atoms. The summed E-state index contributed by atoms with van der Waals surface area (Å²) < 4.78 is 75.9. The molecule has 23 nitrogen and oxygen atoms in total. The fraction of sp³-hybridized carbons (Fsp3) is 0.854. The third-order valence-corrected chi connectivity index (χ3v) is 14.8. The van der Waals surface area contributed by atoms with Crippen LogP contribution in [0.2, 0.25) is 18.1 Å². The van der Waals surface area contributed by atoms with Crippen LogP contribution in [0.15, 0.2) is 17.8 Å². The number of fused-ring (bicyclic) bond motifs is 1. The summed E-state index contributed by atoms with van der Waals surface area (Å²) in [5.41, 5.74) is 15.1. The number of nitrogens with zero attached hydrogens (tertiary/aromatic N) is 7. The zero-order valence-corrected chi connectivity index (χ0v) is 40.0. The molecule has 0 aliphatic carbocycles. The van der Waals surface area contributed by atoms with E-state index < -0.39 is 32.9 Å². The number of Topliss-reactive ketones (excluding diaryl/α,β-unsaturated/α-hetero) is 1. The normalized spacial score (nSPS) is 17.9. The molecule has 65 heavy (non-hydrogen) atoms. The van der Waals surface area contributed by atoms with Crippen LogP contribution >= 0.6 is 0 Å². The van der Waals surface area contributed by atoms with Gasteiger partial charge in [-0.3, -0.25) is 9.36 Å². The highest BCUT2D eigenvalue weighted by atomic mass is 28.4. The standard InChI is InChI=1S/C41H74N8O15Si/c1-41(2,3)65(4,5)64-36-34(29-50)63-40(49-32-46-35-38(42)44-31-45-39(35)49)37(36)62-30-33(51)7-6-9-52-11-13-54-15-17-56-19-21-58-23-25-60-27-28-61-26-24-59-22-20-57-18-16-55-14-12-53-10-8-47-48-43/h31-32,34,36-37,40,50H,6-30H2,1-5H3,(H2,42,44,45)/t34-,36-,37-,40-/m1/s1. The predicted molar refractivity (Wildman–Crippen MR) is 239 cm³/mol. The monoisotopic (exact) mass is 947 g/mol. The fourth-order valence-electron chi connectivity index (χ4n) is 5.84. The van der Waals surface area contributed by atoms with Gasteiger partial charge in [-0.05, 0) is 30.1 Å². The molecule has 0 unspecified atom stereocenters. The van der Waals surface area contributed by atoms with Gasteiger partial charge < -0.3 is 72.1 Å². The van der Waals surface area contributed by atoms with Gasteiger partial charge in [-0.15, -0.1) is 0 Å². The van der Waals surface area contributed by atoms with Gasteiger partial charge in [0.2, 0.25) is 0 Å². The quantitative estimate of drug-likeness (QED) is 0.0319. The lowest BCUT2D eigenvalue weighted by Crippen LogP contribution is -2.50. The fourth-order valence-corrected chi connectivity index (χ4v) is 7.16. The van der Waals surface area contributed by atoms with Gasteiger partial charge in [0, 0.05) is 24.5 Å². The highest BCUT2D eigenvalue weighted by Crippen LogP contribution is 2.42. The van der Waals surface area contributed by atoms with E-state index in [-0.39, 0.29) is 36.3 Å². The molecule has 3 rings (SSSR count). The number of azide groups is 1. The third kappa shape index (κ3) is 22.6. The Hall–Kier alpha value is -3.01. The summed E-state index contributed by atoms with van der Waals surface area (Å²) in [4.78, 5) is 28.4. The van der Waals surface area contributed by atoms with Crippen LogP contribution in [0.3, 0.4) is 0 Å². The molecule has 1 saturated heterocycles. The van der Waals surface area contributed by atoms with Crippen molar-refractivity contribution in [2.24, 2.45) is 5.11 Å². The number of nitrogens with two attached hydrogens (primary N) is 1. The first kappa shape index (κ1) is 56.3. The number of carbonyl (C=O) groups excluding carboxylic acids is 1. The Kier molecular flexibility index (Phi) is 29.0. The highest BCUT2D eigenvalue weighted by molar-refractivity contribution is 6.74. The first-order valence-electron chi connectivity index (χ1n) is 22.3. The second-order valence-electron chi connectivity index (χ2n) is 16.2. The largest absolute Gasteiger partial charge is 0.408 e. The molecule has 0 amide bonds. The molecule has 1 aliphatic heterocycles. The number of nitrogen functional groups attached to an aromatic ring is 1. The molecular formula is C41H74N8O15Si. The first-order chi connectivity index (χ1) is 31.5. The number of aliphatic hydroxyl groups excluding tert-OH is 1. The molecule has 3 N–H and O–H groups in total. The van der Waals surface area contributed by atoms with E-state index in [1.54, 1.807) is 10.9 Å². The van der Waals surface area contributed by atoms with Gasteiger partial charge in [-0.25, -0.2) is 15.0 Å². The number of hydrogen-bond acceptors (Lipinski definition) is 20. The lowest BCUT2D eigenvalue weighted by Gasteiger charge is -2.40. The zero-order valence-electron chi connectivity index (χ0n) is 39.0. The van der Waals surface area contributed by atoms with Crippen LogP contribution < -0.4 is 5.73 Å². The number of ketones is 1. The molecule has 3 heterocycles. The van der Waals surface area contributed by atoms with Crippen LogP contribution in [-0.2, 0) is 66.1 Å². The Labute approximate surface area is 383 Å². The van der Waals surface area contributed by atoms with Crippen LogP contribution in [-0.4, -0.2) is 209 Å². The summed E-state index contributed by atoms with van der Waals surface area (Å²) in [6.07, 6.45) is 0.821. The molecule has 1 fully saturated rings. The molecule has 24 heteroatoms. The van der Waals surface area contributed by atoms with Crippen molar-refractivity contribution in [2.75, 3.05) is 158 Å². The average molecular weight is 947 g/mol. The summed E-state index contributed by atoms with van der Waals surface area (Å²) in [5, 5.41) is 13.6. The lowest BCUT2D eigenvalue weighted by molar-refractivity contribution is -0.130. The van der Waals surface area contributed by atoms with Crippen LogP contribution in [0.5, 0.6) is 0 Å². The number of hydrogen-bond donors (Lipinski definition) is 2. The van der Waals surface area contributed by atoms with Crippen LogP contribution in [0.4, 0.5) is 5.82 Å². The average Bonchev–Trinajstić information content (AvgIpc) is 3.86. The number of aliphatic hydroxyl groups is 1. The van der Waals surface area contributed by atoms with Crippen LogP contribution in [0.1, 0.15) is 39.8 Å². The van der Waals surface area contributed by atoms with Crippen molar-refractivity contribution in [1.29, 1.82) is 0 Å². The minimum atomic E-state index is -2.35. The van der Waals surface area contributed by atoms with Crippen molar-refractivity contribution in [3.63, 3.8) is 0 Å². The van der Waals surface area contributed by atoms with Crippen molar-refractivity contribution in [3.05, 3.63) is 23.1 Å². The molecule has 1 aliphatic rings. The van der Waals surface area contributed by atoms with Gasteiger partial charge in [-0.1, -0.05) is 25.9 Å². The molecular weight excluding hydrogens is 873 g/mol. The minimum Gasteiger partial charge on any atom is -0.408 e. The molecule has 2 aromatic rings. The van der Waals surface area contributed by atoms with Crippen LogP contribution in [0, 0.1) is 0 Å². The number of aromatic nitrogens is 4. The zero-order chi connectivity index (χ0) is 47.0. The Morgan fingerprint density at radius 1 is 0.754 bits per heavy atom. The summed E-state index contributed by atoms with van der Waals surface area (Å²) in [6, 6.07) is 0. The summed E-state index contributed by atoms with van der Waals surface area (Å²) in [6.45, 7) is 19.4. The second-order valence-corrected chi connectivity index (χ2v) is 20.9. The minimum absolute atomic E-state index is 0.0966. The Bertz CT molecular complexity index is 1600. The van der Waals surface area contributed by atoms with Crippen molar-refractivity contribution in [1.82, 2.24) is 19.5 Å². The van der Waals surface area contributed by atoms with Crippen molar-refractivity contribution < 1.29 is 71.2 Å². The maximum atomic E-state index is 13.0. The van der Waals surface area contributed by atoms with Gasteiger partial charge in [0.25, 0.3) is 0 Å². The number of anilines is 1. The number of rotatable bonds is 41. The Balaban J connectivity index is 1.11. The van der Waals surface area contributed by atoms with E-state index in [2.05, 4.69) is 58.8 Å². The smallest absolute Gasteiger partial charge is 0.192 e. The molecule has 0 bridgehead atoms. The summed E-state index contributed by atoms with van der Waals surface area (Å²) in [5.74, 6) is 0.130. The molecule has 0 aromatic carbocycles. The van der Waals surface area contributed by atoms with Gasteiger partial charge in [0.05, 0.1) is 138 Å². The van der Waals surface area contributed by atoms with Crippen molar-refractivity contribution in [3.8, 4) is 0 Å². The predicted octanol–water partition coefficient (Wildman–Crippen LogP) is 2.90. The SMILES string of the molecule is CC(C)(C)[Si](C)(C)O[C@H]1[C@@H](OCC(=O)CCCOCCOCCOCCOCCOCCOCCOCCOCCOCCOCCN=[N+]=[N-])[C@H](n2cnc3c(N)ncnc32)O[C@@H]1CO. The summed E-state index contributed by atoms with van der Waals surface area (Å²) >= 11 is 0. The summed E-state index contributed by atoms with van der Waals surface area (Å²) in [7, 11) is -2.35. The number of ether oxygens (including phenoxy) is 12. The van der Waals surface area contributed by atoms with Gasteiger partial charge in [0.1, 0.15) is 36.8 Å². The molecule has 0 radical (unpaired) electrons. The maximum absolute atomic E-state index is 13.0. The second kappa shape index (κ2) is 33.5. The Morgan fingerprint density at radius 3 is 1.66 bits per heavy atom. The lowest BCUT2D eigenvalue weighted by atomic mass is 10.1. The van der Waals surface area contributed by atoms with E-state index in [0.29, 0.717) is 156 Å². The van der Waals surface area contributed by atoms with Gasteiger partial charge in [-0.2, -0.15) is 0 Å². The molecule has 372 valence electrons. The first-order valence-corrected chi connectivity index (χ1v) is 25.2. The highest BCUT2D eigenvalue weighted by Gasteiger charge is 2.51. The van der Waals surface area contributed by atoms with E-state index in [4.69, 9.17) is 72.5 Å². The van der Waals surface area contributed by atoms with E-state index in [1.165, 1.54) is 6.33 Å². The van der Waals surface area contributed by atoms with E-state index in [0.717, 1.165) is 0 Å². The molecule has 0 saturated carbocycles. The number of imidazole rings is 1. The van der Waals surface area contributed by atoms with E-state index in [9.17, 15) is 9.90 Å². The van der Waals surface area contributed by atoms with Gasteiger partial charge in [0.15, 0.2) is 31.8 Å². The van der Waals surface area contributed by atoms with E-state index in [1.807, 2.05) is 0 Å². The van der Waals surface area contributed by atoms with E-state index >= 15 is 0 Å². The van der Waals surface area contributed by atoms with Gasteiger partial charge >= 0.3 is 0 Å². The maximum Gasteiger partial charge on any atom is 0.192 e.